The van der Waals surface area contributed by atoms with Gasteiger partial charge in [-0.1, -0.05) is 11.6 Å². The molecule has 1 aromatic rings. The fourth-order valence-corrected chi connectivity index (χ4v) is 1.37. The number of halogens is 4. The standard InChI is InChI=1S/C10H9ClF3NO3/c11-7-2-3-8(15(16)17)9(6-7)18-5-1-4-10(12,13)14/h2-3,6H,1,4-5H2. The third-order valence-electron chi connectivity index (χ3n) is 1.98. The molecule has 0 spiro atoms. The molecule has 0 atom stereocenters. The zero-order valence-electron chi connectivity index (χ0n) is 9.04. The van der Waals surface area contributed by atoms with Gasteiger partial charge in [0.1, 0.15) is 0 Å². The number of hydrogen-bond acceptors (Lipinski definition) is 3. The van der Waals surface area contributed by atoms with E-state index in [4.69, 9.17) is 16.3 Å². The van der Waals surface area contributed by atoms with E-state index in [-0.39, 0.29) is 29.5 Å². The molecule has 0 aliphatic carbocycles. The average molecular weight is 284 g/mol. The topological polar surface area (TPSA) is 52.4 Å². The summed E-state index contributed by atoms with van der Waals surface area (Å²) in [6, 6.07) is 3.65. The summed E-state index contributed by atoms with van der Waals surface area (Å²) >= 11 is 5.62. The summed E-state index contributed by atoms with van der Waals surface area (Å²) in [6.07, 6.45) is -5.53. The highest BCUT2D eigenvalue weighted by atomic mass is 35.5. The third-order valence-corrected chi connectivity index (χ3v) is 2.22. The molecular weight excluding hydrogens is 275 g/mol. The van der Waals surface area contributed by atoms with E-state index >= 15 is 0 Å². The minimum atomic E-state index is -4.26. The van der Waals surface area contributed by atoms with Gasteiger partial charge in [0.05, 0.1) is 11.5 Å². The van der Waals surface area contributed by atoms with E-state index in [1.54, 1.807) is 0 Å². The average Bonchev–Trinajstić information content (AvgIpc) is 2.22. The van der Waals surface area contributed by atoms with Crippen molar-refractivity contribution in [2.45, 2.75) is 19.0 Å². The van der Waals surface area contributed by atoms with Crippen molar-refractivity contribution in [3.63, 3.8) is 0 Å². The van der Waals surface area contributed by atoms with E-state index in [1.165, 1.54) is 12.1 Å². The van der Waals surface area contributed by atoms with Crippen LogP contribution in [0.25, 0.3) is 0 Å². The van der Waals surface area contributed by atoms with Crippen LogP contribution < -0.4 is 4.74 Å². The van der Waals surface area contributed by atoms with Crippen LogP contribution >= 0.6 is 11.6 Å². The highest BCUT2D eigenvalue weighted by Gasteiger charge is 2.26. The SMILES string of the molecule is O=[N+]([O-])c1ccc(Cl)cc1OCCCC(F)(F)F. The Hall–Kier alpha value is -1.50. The minimum absolute atomic E-state index is 0.130. The van der Waals surface area contributed by atoms with Crippen molar-refractivity contribution in [3.05, 3.63) is 33.3 Å². The molecule has 0 N–H and O–H groups in total. The highest BCUT2D eigenvalue weighted by Crippen LogP contribution is 2.30. The number of alkyl halides is 3. The largest absolute Gasteiger partial charge is 0.487 e. The lowest BCUT2D eigenvalue weighted by atomic mass is 10.3. The van der Waals surface area contributed by atoms with E-state index in [0.29, 0.717) is 0 Å². The van der Waals surface area contributed by atoms with Gasteiger partial charge in [-0.3, -0.25) is 10.1 Å². The summed E-state index contributed by atoms with van der Waals surface area (Å²) in [5, 5.41) is 10.8. The molecule has 0 saturated carbocycles. The molecule has 0 fully saturated rings. The van der Waals surface area contributed by atoms with Crippen molar-refractivity contribution in [2.24, 2.45) is 0 Å². The molecule has 1 aromatic carbocycles. The van der Waals surface area contributed by atoms with Crippen LogP contribution in [0.2, 0.25) is 5.02 Å². The van der Waals surface area contributed by atoms with Crippen LogP contribution in [0.3, 0.4) is 0 Å². The van der Waals surface area contributed by atoms with Crippen LogP contribution in [0.1, 0.15) is 12.8 Å². The Morgan fingerprint density at radius 3 is 2.61 bits per heavy atom. The van der Waals surface area contributed by atoms with Crippen molar-refractivity contribution in [1.29, 1.82) is 0 Å². The first-order valence-corrected chi connectivity index (χ1v) is 5.31. The van der Waals surface area contributed by atoms with Gasteiger partial charge >= 0.3 is 11.9 Å². The summed E-state index contributed by atoms with van der Waals surface area (Å²) in [4.78, 5) is 9.94. The summed E-state index contributed by atoms with van der Waals surface area (Å²) in [6.45, 7) is -0.263. The molecule has 0 bridgehead atoms. The molecule has 0 aromatic heterocycles. The van der Waals surface area contributed by atoms with Crippen molar-refractivity contribution in [1.82, 2.24) is 0 Å². The summed E-state index contributed by atoms with van der Waals surface area (Å²) in [5.74, 6) is -0.130. The maximum Gasteiger partial charge on any atom is 0.389 e. The Labute approximate surface area is 105 Å². The summed E-state index contributed by atoms with van der Waals surface area (Å²) in [5.41, 5.74) is -0.327. The predicted octanol–water partition coefficient (Wildman–Crippen LogP) is 3.97. The van der Waals surface area contributed by atoms with Crippen LogP contribution in [0.5, 0.6) is 5.75 Å². The van der Waals surface area contributed by atoms with Crippen LogP contribution in [0.4, 0.5) is 18.9 Å². The zero-order chi connectivity index (χ0) is 13.8. The maximum atomic E-state index is 11.9. The van der Waals surface area contributed by atoms with E-state index in [9.17, 15) is 23.3 Å². The lowest BCUT2D eigenvalue weighted by molar-refractivity contribution is -0.385. The van der Waals surface area contributed by atoms with Gasteiger partial charge in [0.15, 0.2) is 5.75 Å². The number of ether oxygens (including phenoxy) is 1. The zero-order valence-corrected chi connectivity index (χ0v) is 9.79. The second-order valence-corrected chi connectivity index (χ2v) is 3.87. The van der Waals surface area contributed by atoms with Gasteiger partial charge in [0, 0.05) is 23.6 Å². The Kier molecular flexibility index (Phi) is 4.77. The van der Waals surface area contributed by atoms with Crippen molar-refractivity contribution in [2.75, 3.05) is 6.61 Å². The Morgan fingerprint density at radius 2 is 2.06 bits per heavy atom. The van der Waals surface area contributed by atoms with Crippen molar-refractivity contribution in [3.8, 4) is 5.75 Å². The second kappa shape index (κ2) is 5.90. The molecule has 1 rings (SSSR count). The highest BCUT2D eigenvalue weighted by molar-refractivity contribution is 6.30. The van der Waals surface area contributed by atoms with Crippen molar-refractivity contribution < 1.29 is 22.8 Å². The van der Waals surface area contributed by atoms with E-state index in [1.807, 2.05) is 0 Å². The van der Waals surface area contributed by atoms with Gasteiger partial charge in [0.25, 0.3) is 0 Å². The van der Waals surface area contributed by atoms with E-state index < -0.39 is 17.5 Å². The van der Waals surface area contributed by atoms with Gasteiger partial charge in [0.2, 0.25) is 0 Å². The number of nitrogens with zero attached hydrogens (tertiary/aromatic N) is 1. The maximum absolute atomic E-state index is 11.9. The lowest BCUT2D eigenvalue weighted by Gasteiger charge is -2.08. The predicted molar refractivity (Wildman–Crippen MR) is 58.9 cm³/mol. The molecule has 0 aliphatic rings. The molecule has 4 nitrogen and oxygen atoms in total. The normalized spacial score (nSPS) is 11.3. The van der Waals surface area contributed by atoms with E-state index in [0.717, 1.165) is 6.07 Å². The molecular formula is C10H9ClF3NO3. The van der Waals surface area contributed by atoms with Crippen LogP contribution in [0, 0.1) is 10.1 Å². The first-order valence-electron chi connectivity index (χ1n) is 4.93. The van der Waals surface area contributed by atoms with Gasteiger partial charge in [-0.15, -0.1) is 0 Å². The van der Waals surface area contributed by atoms with E-state index in [2.05, 4.69) is 0 Å². The Bertz CT molecular complexity index is 437. The van der Waals surface area contributed by atoms with Gasteiger partial charge in [-0.2, -0.15) is 13.2 Å². The molecule has 8 heteroatoms. The molecule has 0 saturated heterocycles. The molecule has 18 heavy (non-hydrogen) atoms. The number of hydrogen-bond donors (Lipinski definition) is 0. The molecule has 0 unspecified atom stereocenters. The molecule has 0 aliphatic heterocycles. The first kappa shape index (κ1) is 14.6. The van der Waals surface area contributed by atoms with Gasteiger partial charge in [-0.05, 0) is 12.5 Å². The number of benzene rings is 1. The van der Waals surface area contributed by atoms with Gasteiger partial charge < -0.3 is 4.74 Å². The van der Waals surface area contributed by atoms with Gasteiger partial charge in [-0.25, -0.2) is 0 Å². The van der Waals surface area contributed by atoms with Crippen LogP contribution in [0.15, 0.2) is 18.2 Å². The quantitative estimate of drug-likeness (QED) is 0.467. The second-order valence-electron chi connectivity index (χ2n) is 3.44. The minimum Gasteiger partial charge on any atom is -0.487 e. The summed E-state index contributed by atoms with van der Waals surface area (Å²) in [7, 11) is 0. The Balaban J connectivity index is 2.61. The number of rotatable bonds is 5. The van der Waals surface area contributed by atoms with Crippen LogP contribution in [-0.4, -0.2) is 17.7 Å². The smallest absolute Gasteiger partial charge is 0.389 e. The fourth-order valence-electron chi connectivity index (χ4n) is 1.21. The number of nitro benzene ring substituents is 1. The first-order chi connectivity index (χ1) is 8.29. The lowest BCUT2D eigenvalue weighted by Crippen LogP contribution is -2.10. The molecule has 0 heterocycles. The molecule has 0 radical (unpaired) electrons. The number of nitro groups is 1. The molecule has 0 amide bonds. The monoisotopic (exact) mass is 283 g/mol. The van der Waals surface area contributed by atoms with Crippen LogP contribution in [-0.2, 0) is 0 Å². The molecule has 100 valence electrons. The fraction of sp³-hybridized carbons (Fsp3) is 0.400. The van der Waals surface area contributed by atoms with Crippen molar-refractivity contribution >= 4 is 17.3 Å². The third kappa shape index (κ3) is 4.79. The summed E-state index contributed by atoms with van der Waals surface area (Å²) < 4.78 is 40.6. The Morgan fingerprint density at radius 1 is 1.39 bits per heavy atom.